The zero-order chi connectivity index (χ0) is 43.6. The van der Waals surface area contributed by atoms with E-state index in [4.69, 9.17) is 18.9 Å². The van der Waals surface area contributed by atoms with E-state index in [0.717, 1.165) is 38.5 Å². The Bertz CT molecular complexity index is 1060. The van der Waals surface area contributed by atoms with Gasteiger partial charge in [-0.25, -0.2) is 0 Å². The molecule has 1 rings (SSSR count). The molecular weight excluding hydrogens is 757 g/mol. The summed E-state index contributed by atoms with van der Waals surface area (Å²) in [6, 6.07) is 0. The molecule has 350 valence electrons. The molecule has 1 fully saturated rings. The van der Waals surface area contributed by atoms with E-state index < -0.39 is 49.4 Å². The lowest BCUT2D eigenvalue weighted by molar-refractivity contribution is -0.305. The molecule has 9 heteroatoms. The second kappa shape index (κ2) is 42.5. The average Bonchev–Trinajstić information content (AvgIpc) is 3.25. The second-order valence-electron chi connectivity index (χ2n) is 16.9. The first-order chi connectivity index (χ1) is 29.4. The molecule has 1 aliphatic rings. The minimum Gasteiger partial charge on any atom is -0.457 e. The normalized spacial score (nSPS) is 20.4. The van der Waals surface area contributed by atoms with E-state index in [-0.39, 0.29) is 19.6 Å². The molecule has 4 N–H and O–H groups in total. The van der Waals surface area contributed by atoms with Crippen LogP contribution in [0.2, 0.25) is 0 Å². The minimum absolute atomic E-state index is 0.118. The van der Waals surface area contributed by atoms with Crippen LogP contribution in [-0.4, -0.2) is 89.6 Å². The van der Waals surface area contributed by atoms with Crippen molar-refractivity contribution >= 4 is 5.97 Å². The Morgan fingerprint density at radius 3 is 1.43 bits per heavy atom. The molecule has 60 heavy (non-hydrogen) atoms. The van der Waals surface area contributed by atoms with Crippen molar-refractivity contribution in [3.8, 4) is 0 Å². The Kier molecular flexibility index (Phi) is 39.7. The monoisotopic (exact) mass is 849 g/mol. The quantitative estimate of drug-likeness (QED) is 0.0269. The topological polar surface area (TPSA) is 135 Å². The van der Waals surface area contributed by atoms with Crippen LogP contribution < -0.4 is 0 Å². The van der Waals surface area contributed by atoms with Crippen molar-refractivity contribution < 1.29 is 44.2 Å². The van der Waals surface area contributed by atoms with E-state index in [1.54, 1.807) is 0 Å². The fourth-order valence-electron chi connectivity index (χ4n) is 7.45. The standard InChI is InChI=1S/C51H92O9/c1-3-5-7-9-11-13-15-17-18-19-20-21-22-23-24-25-26-27-29-31-33-35-37-39-41-57-43-45(44-58-51-50(56)49(55)48(54)46(42-52)60-51)59-47(53)40-38-36-34-32-30-28-16-14-12-10-8-6-4-2/h6,8,12,14,28,30,34,36,45-46,48-52,54-56H,3-5,7,9-11,13,15-27,29,31-33,35,37-44H2,1-2H3/b8-6-,14-12-,30-28-,36-34-. The summed E-state index contributed by atoms with van der Waals surface area (Å²) < 4.78 is 22.8. The number of hydrogen-bond donors (Lipinski definition) is 4. The number of allylic oxidation sites excluding steroid dienone is 8. The van der Waals surface area contributed by atoms with Crippen molar-refractivity contribution in [3.63, 3.8) is 0 Å². The van der Waals surface area contributed by atoms with Crippen LogP contribution >= 0.6 is 0 Å². The molecule has 1 aliphatic heterocycles. The predicted octanol–water partition coefficient (Wildman–Crippen LogP) is 11.7. The number of ether oxygens (including phenoxy) is 4. The van der Waals surface area contributed by atoms with Crippen molar-refractivity contribution in [1.82, 2.24) is 0 Å². The summed E-state index contributed by atoms with van der Waals surface area (Å²) >= 11 is 0. The summed E-state index contributed by atoms with van der Waals surface area (Å²) in [5.41, 5.74) is 0. The van der Waals surface area contributed by atoms with Gasteiger partial charge in [-0.05, 0) is 38.5 Å². The van der Waals surface area contributed by atoms with Gasteiger partial charge in [-0.15, -0.1) is 0 Å². The lowest BCUT2D eigenvalue weighted by Crippen LogP contribution is -2.59. The van der Waals surface area contributed by atoms with Gasteiger partial charge in [0.05, 0.1) is 19.8 Å². The Morgan fingerprint density at radius 1 is 0.550 bits per heavy atom. The van der Waals surface area contributed by atoms with Gasteiger partial charge in [0.25, 0.3) is 0 Å². The first kappa shape index (κ1) is 56.2. The van der Waals surface area contributed by atoms with Crippen LogP contribution in [0, 0.1) is 0 Å². The highest BCUT2D eigenvalue weighted by Gasteiger charge is 2.44. The first-order valence-electron chi connectivity index (χ1n) is 24.7. The lowest BCUT2D eigenvalue weighted by atomic mass is 9.99. The number of esters is 1. The molecular formula is C51H92O9. The molecule has 0 aromatic carbocycles. The van der Waals surface area contributed by atoms with E-state index in [1.807, 2.05) is 12.2 Å². The molecule has 0 aliphatic carbocycles. The molecule has 1 heterocycles. The average molecular weight is 849 g/mol. The summed E-state index contributed by atoms with van der Waals surface area (Å²) in [5, 5.41) is 40.1. The van der Waals surface area contributed by atoms with Crippen LogP contribution in [0.1, 0.15) is 206 Å². The third-order valence-electron chi connectivity index (χ3n) is 11.3. The Balaban J connectivity index is 2.19. The maximum absolute atomic E-state index is 12.7. The summed E-state index contributed by atoms with van der Waals surface area (Å²) in [6.45, 7) is 4.38. The third kappa shape index (κ3) is 32.8. The number of hydrogen-bond acceptors (Lipinski definition) is 9. The number of rotatable bonds is 42. The van der Waals surface area contributed by atoms with Crippen LogP contribution in [0.25, 0.3) is 0 Å². The molecule has 0 bridgehead atoms. The lowest BCUT2D eigenvalue weighted by Gasteiger charge is -2.39. The summed E-state index contributed by atoms with van der Waals surface area (Å²) in [7, 11) is 0. The van der Waals surface area contributed by atoms with Crippen molar-refractivity contribution in [1.29, 1.82) is 0 Å². The van der Waals surface area contributed by atoms with Gasteiger partial charge in [0.15, 0.2) is 6.29 Å². The SMILES string of the molecule is CC/C=C\C/C=C\C/C=C\C/C=C\CCC(=O)OC(COCCCCCCCCCCCCCCCCCCCCCCCCCC)COC1OC(CO)C(O)C(O)C1O. The number of aliphatic hydroxyl groups excluding tert-OH is 4. The van der Waals surface area contributed by atoms with Gasteiger partial charge in [0.1, 0.15) is 30.5 Å². The van der Waals surface area contributed by atoms with E-state index in [1.165, 1.54) is 141 Å². The van der Waals surface area contributed by atoms with E-state index >= 15 is 0 Å². The van der Waals surface area contributed by atoms with Crippen LogP contribution in [-0.2, 0) is 23.7 Å². The van der Waals surface area contributed by atoms with Gasteiger partial charge in [-0.2, -0.15) is 0 Å². The molecule has 9 nitrogen and oxygen atoms in total. The molecule has 0 radical (unpaired) electrons. The fourth-order valence-corrected chi connectivity index (χ4v) is 7.45. The van der Waals surface area contributed by atoms with Crippen LogP contribution in [0.15, 0.2) is 48.6 Å². The Labute approximate surface area is 367 Å². The number of unbranched alkanes of at least 4 members (excludes halogenated alkanes) is 23. The number of carbonyl (C=O) groups is 1. The first-order valence-corrected chi connectivity index (χ1v) is 24.7. The minimum atomic E-state index is -1.55. The molecule has 0 saturated carbocycles. The predicted molar refractivity (Wildman–Crippen MR) is 247 cm³/mol. The highest BCUT2D eigenvalue weighted by Crippen LogP contribution is 2.23. The molecule has 6 atom stereocenters. The zero-order valence-corrected chi connectivity index (χ0v) is 38.5. The summed E-state index contributed by atoms with van der Waals surface area (Å²) in [4.78, 5) is 12.7. The highest BCUT2D eigenvalue weighted by molar-refractivity contribution is 5.69. The maximum atomic E-state index is 12.7. The van der Waals surface area contributed by atoms with Gasteiger partial charge in [-0.1, -0.05) is 210 Å². The summed E-state index contributed by atoms with van der Waals surface area (Å²) in [5.74, 6) is -0.390. The molecule has 0 spiro atoms. The van der Waals surface area contributed by atoms with Crippen molar-refractivity contribution in [2.45, 2.75) is 243 Å². The van der Waals surface area contributed by atoms with Gasteiger partial charge < -0.3 is 39.4 Å². The van der Waals surface area contributed by atoms with Gasteiger partial charge in [0.2, 0.25) is 0 Å². The van der Waals surface area contributed by atoms with E-state index in [2.05, 4.69) is 50.3 Å². The van der Waals surface area contributed by atoms with Crippen LogP contribution in [0.5, 0.6) is 0 Å². The van der Waals surface area contributed by atoms with Crippen molar-refractivity contribution in [3.05, 3.63) is 48.6 Å². The number of carbonyl (C=O) groups excluding carboxylic acids is 1. The van der Waals surface area contributed by atoms with E-state index in [9.17, 15) is 25.2 Å². The Morgan fingerprint density at radius 2 is 0.983 bits per heavy atom. The smallest absolute Gasteiger partial charge is 0.306 e. The molecule has 0 amide bonds. The molecule has 1 saturated heterocycles. The molecule has 0 aromatic heterocycles. The largest absolute Gasteiger partial charge is 0.457 e. The molecule has 0 aromatic rings. The third-order valence-corrected chi connectivity index (χ3v) is 11.3. The van der Waals surface area contributed by atoms with Crippen molar-refractivity contribution in [2.75, 3.05) is 26.4 Å². The Hall–Kier alpha value is -1.85. The second-order valence-corrected chi connectivity index (χ2v) is 16.9. The summed E-state index contributed by atoms with van der Waals surface area (Å²) in [6.07, 6.45) is 46.1. The van der Waals surface area contributed by atoms with Crippen molar-refractivity contribution in [2.24, 2.45) is 0 Å². The van der Waals surface area contributed by atoms with Gasteiger partial charge >= 0.3 is 5.97 Å². The maximum Gasteiger partial charge on any atom is 0.306 e. The van der Waals surface area contributed by atoms with Crippen LogP contribution in [0.3, 0.4) is 0 Å². The van der Waals surface area contributed by atoms with Crippen LogP contribution in [0.4, 0.5) is 0 Å². The highest BCUT2D eigenvalue weighted by atomic mass is 16.7. The number of aliphatic hydroxyl groups is 4. The molecule has 6 unspecified atom stereocenters. The van der Waals surface area contributed by atoms with Gasteiger partial charge in [0, 0.05) is 13.0 Å². The van der Waals surface area contributed by atoms with E-state index in [0.29, 0.717) is 13.0 Å². The zero-order valence-electron chi connectivity index (χ0n) is 38.5. The van der Waals surface area contributed by atoms with Gasteiger partial charge in [-0.3, -0.25) is 4.79 Å². The fraction of sp³-hybridized carbons (Fsp3) is 0.824.